The Morgan fingerprint density at radius 3 is 1.00 bits per heavy atom. The van der Waals surface area contributed by atoms with Crippen LogP contribution in [0.25, 0.3) is 0 Å². The Kier molecular flexibility index (Phi) is 178. The second-order valence-corrected chi connectivity index (χ2v) is 0. The smallest absolute Gasteiger partial charge is 0 e. The average molecular weight is 166 g/mol. The quantitative estimate of drug-likeness (QED) is 0.393. The minimum Gasteiger partial charge on any atom is 0 e. The molecule has 0 atom stereocenters. The molecule has 0 aliphatic rings. The summed E-state index contributed by atoms with van der Waals surface area (Å²) in [6.45, 7) is 0. The number of rotatable bonds is 0. The van der Waals surface area contributed by atoms with Crippen molar-refractivity contribution in [1.82, 2.24) is 0 Å². The molecular formula is H3NaNiOZn. The molecule has 0 aliphatic carbocycles. The van der Waals surface area contributed by atoms with Gasteiger partial charge in [0, 0.05) is 36.0 Å². The molecule has 0 aromatic rings. The Balaban J connectivity index is 0. The van der Waals surface area contributed by atoms with E-state index in [4.69, 9.17) is 0 Å². The van der Waals surface area contributed by atoms with Crippen molar-refractivity contribution in [3.8, 4) is 0 Å². The summed E-state index contributed by atoms with van der Waals surface area (Å²) in [5.41, 5.74) is 0. The van der Waals surface area contributed by atoms with Gasteiger partial charge in [0.05, 0.1) is 0 Å². The SMILES string of the molecule is O.[NaH].[Ni].[Zn]. The zero-order valence-corrected chi connectivity index (χ0v) is 5.48. The first kappa shape index (κ1) is 36.3. The van der Waals surface area contributed by atoms with Crippen molar-refractivity contribution in [2.75, 3.05) is 0 Å². The summed E-state index contributed by atoms with van der Waals surface area (Å²) < 4.78 is 0. The van der Waals surface area contributed by atoms with Crippen LogP contribution in [0.5, 0.6) is 0 Å². The van der Waals surface area contributed by atoms with Crippen molar-refractivity contribution in [1.29, 1.82) is 0 Å². The first-order valence-electron chi connectivity index (χ1n) is 0. The molecule has 0 bridgehead atoms. The minimum atomic E-state index is 0. The Morgan fingerprint density at radius 2 is 1.00 bits per heavy atom. The van der Waals surface area contributed by atoms with Gasteiger partial charge in [-0.25, -0.2) is 0 Å². The summed E-state index contributed by atoms with van der Waals surface area (Å²) >= 11 is 0. The van der Waals surface area contributed by atoms with E-state index in [9.17, 15) is 0 Å². The van der Waals surface area contributed by atoms with E-state index >= 15 is 0 Å². The number of hydrogen-bond acceptors (Lipinski definition) is 0. The van der Waals surface area contributed by atoms with Gasteiger partial charge < -0.3 is 5.48 Å². The standard InChI is InChI=1S/Na.Ni.H2O.Zn.H/h;;1H2;;. The molecule has 0 saturated carbocycles. The fourth-order valence-corrected chi connectivity index (χ4v) is 0. The van der Waals surface area contributed by atoms with Gasteiger partial charge >= 0.3 is 29.6 Å². The Bertz CT molecular complexity index is 8.00. The number of hydrogen-bond donors (Lipinski definition) is 0. The second kappa shape index (κ2) is 19.6. The van der Waals surface area contributed by atoms with Crippen LogP contribution in [0.1, 0.15) is 0 Å². The molecule has 0 heterocycles. The molecule has 1 nitrogen and oxygen atoms in total. The van der Waals surface area contributed by atoms with Gasteiger partial charge in [-0.3, -0.25) is 0 Å². The molecule has 0 radical (unpaired) electrons. The summed E-state index contributed by atoms with van der Waals surface area (Å²) in [7, 11) is 0. The van der Waals surface area contributed by atoms with Crippen LogP contribution in [0.3, 0.4) is 0 Å². The summed E-state index contributed by atoms with van der Waals surface area (Å²) in [6.07, 6.45) is 0. The fourth-order valence-electron chi connectivity index (χ4n) is 0. The van der Waals surface area contributed by atoms with Gasteiger partial charge in [-0.2, -0.15) is 0 Å². The van der Waals surface area contributed by atoms with E-state index in [1.54, 1.807) is 0 Å². The van der Waals surface area contributed by atoms with Crippen molar-refractivity contribution < 1.29 is 41.4 Å². The fraction of sp³-hybridized carbons (Fsp3) is 0. The van der Waals surface area contributed by atoms with Crippen LogP contribution in [-0.2, 0) is 36.0 Å². The molecule has 0 saturated heterocycles. The molecule has 2 N–H and O–H groups in total. The third kappa shape index (κ3) is 8.95. The van der Waals surface area contributed by atoms with Crippen LogP contribution in [-0.4, -0.2) is 35.0 Å². The van der Waals surface area contributed by atoms with Crippen LogP contribution < -0.4 is 0 Å². The van der Waals surface area contributed by atoms with Gasteiger partial charge in [-0.15, -0.1) is 0 Å². The topological polar surface area (TPSA) is 31.5 Å². The largest absolute Gasteiger partial charge is 0 e. The molecule has 4 heavy (non-hydrogen) atoms. The predicted octanol–water partition coefficient (Wildman–Crippen LogP) is -1.48. The maximum absolute atomic E-state index is 0. The van der Waals surface area contributed by atoms with Gasteiger partial charge in [-0.1, -0.05) is 0 Å². The van der Waals surface area contributed by atoms with E-state index in [1.807, 2.05) is 0 Å². The van der Waals surface area contributed by atoms with Gasteiger partial charge in [0.1, 0.15) is 0 Å². The molecule has 0 rings (SSSR count). The summed E-state index contributed by atoms with van der Waals surface area (Å²) in [5.74, 6) is 0. The van der Waals surface area contributed by atoms with Gasteiger partial charge in [0.2, 0.25) is 0 Å². The van der Waals surface area contributed by atoms with Crippen molar-refractivity contribution in [3.05, 3.63) is 0 Å². The molecule has 0 aromatic heterocycles. The van der Waals surface area contributed by atoms with Crippen molar-refractivity contribution in [2.45, 2.75) is 0 Å². The van der Waals surface area contributed by atoms with E-state index < -0.39 is 0 Å². The molecular weight excluding hydrogens is 163 g/mol. The van der Waals surface area contributed by atoms with Gasteiger partial charge in [-0.05, 0) is 0 Å². The van der Waals surface area contributed by atoms with Crippen molar-refractivity contribution in [3.63, 3.8) is 0 Å². The summed E-state index contributed by atoms with van der Waals surface area (Å²) in [4.78, 5) is 0. The molecule has 0 unspecified atom stereocenters. The minimum absolute atomic E-state index is 0. The molecule has 0 aliphatic heterocycles. The van der Waals surface area contributed by atoms with E-state index in [1.165, 1.54) is 0 Å². The first-order valence-corrected chi connectivity index (χ1v) is 0. The molecule has 0 aromatic carbocycles. The third-order valence-electron chi connectivity index (χ3n) is 0. The monoisotopic (exact) mass is 164 g/mol. The van der Waals surface area contributed by atoms with Crippen LogP contribution >= 0.6 is 0 Å². The van der Waals surface area contributed by atoms with Gasteiger partial charge in [0.15, 0.2) is 0 Å². The van der Waals surface area contributed by atoms with E-state index in [-0.39, 0.29) is 71.0 Å². The first-order chi connectivity index (χ1) is 0. The molecule has 0 fully saturated rings. The third-order valence-corrected chi connectivity index (χ3v) is 0. The molecule has 22 valence electrons. The maximum atomic E-state index is 0. The molecule has 0 amide bonds. The van der Waals surface area contributed by atoms with E-state index in [0.29, 0.717) is 0 Å². The second-order valence-electron chi connectivity index (χ2n) is 0. The average Bonchev–Trinajstić information content (AvgIpc) is 0. The Hall–Kier alpha value is 2.08. The van der Waals surface area contributed by atoms with Crippen LogP contribution in [0.15, 0.2) is 0 Å². The van der Waals surface area contributed by atoms with Crippen molar-refractivity contribution in [2.24, 2.45) is 0 Å². The van der Waals surface area contributed by atoms with Crippen LogP contribution in [0.4, 0.5) is 0 Å². The molecule has 0 spiro atoms. The Labute approximate surface area is 70.2 Å². The maximum Gasteiger partial charge on any atom is 0 e. The predicted molar refractivity (Wildman–Crippen MR) is 10.8 cm³/mol. The zero-order valence-electron chi connectivity index (χ0n) is 1.52. The van der Waals surface area contributed by atoms with E-state index in [0.717, 1.165) is 0 Å². The summed E-state index contributed by atoms with van der Waals surface area (Å²) in [5, 5.41) is 0. The van der Waals surface area contributed by atoms with Crippen molar-refractivity contribution >= 4 is 29.6 Å². The zero-order chi connectivity index (χ0) is 0. The normalized spacial score (nSPS) is 0. The van der Waals surface area contributed by atoms with Crippen LogP contribution in [0.2, 0.25) is 0 Å². The molecule has 4 heteroatoms. The van der Waals surface area contributed by atoms with Crippen LogP contribution in [0, 0.1) is 0 Å². The van der Waals surface area contributed by atoms with Gasteiger partial charge in [0.25, 0.3) is 0 Å². The van der Waals surface area contributed by atoms with E-state index in [2.05, 4.69) is 0 Å². The Morgan fingerprint density at radius 1 is 1.00 bits per heavy atom. The summed E-state index contributed by atoms with van der Waals surface area (Å²) in [6, 6.07) is 0.